The van der Waals surface area contributed by atoms with Crippen molar-refractivity contribution in [2.24, 2.45) is 0 Å². The molecule has 0 saturated carbocycles. The molecule has 0 saturated heterocycles. The van der Waals surface area contributed by atoms with Gasteiger partial charge >= 0.3 is 5.97 Å². The topological polar surface area (TPSA) is 55.8 Å². The number of hydrogen-bond donors (Lipinski definition) is 1. The Morgan fingerprint density at radius 1 is 0.815 bits per heavy atom. The lowest BCUT2D eigenvalue weighted by atomic mass is 10.1. The van der Waals surface area contributed by atoms with Gasteiger partial charge in [-0.1, -0.05) is 56.0 Å². The van der Waals surface area contributed by atoms with E-state index in [0.29, 0.717) is 19.0 Å². The summed E-state index contributed by atoms with van der Waals surface area (Å²) in [7, 11) is 0. The molecule has 0 spiro atoms. The van der Waals surface area contributed by atoms with E-state index < -0.39 is 5.97 Å². The number of ether oxygens (including phenoxy) is 2. The van der Waals surface area contributed by atoms with Crippen LogP contribution in [0.25, 0.3) is 6.08 Å². The van der Waals surface area contributed by atoms with Crippen LogP contribution in [0.1, 0.15) is 44.1 Å². The van der Waals surface area contributed by atoms with Crippen molar-refractivity contribution in [1.82, 2.24) is 0 Å². The average Bonchev–Trinajstić information content (AvgIpc) is 2.70. The van der Waals surface area contributed by atoms with Gasteiger partial charge in [-0.15, -0.1) is 0 Å². The zero-order valence-electron chi connectivity index (χ0n) is 15.7. The molecule has 0 aliphatic heterocycles. The SMILES string of the molecule is O=C(C=Cc1ccc(OCCCCCCCCO)cc1)Oc1ccccc1. The second kappa shape index (κ2) is 12.7. The van der Waals surface area contributed by atoms with Crippen molar-refractivity contribution in [3.8, 4) is 11.5 Å². The van der Waals surface area contributed by atoms with Gasteiger partial charge < -0.3 is 14.6 Å². The fourth-order valence-corrected chi connectivity index (χ4v) is 2.59. The summed E-state index contributed by atoms with van der Waals surface area (Å²) in [4.78, 5) is 11.8. The Morgan fingerprint density at radius 2 is 1.48 bits per heavy atom. The lowest BCUT2D eigenvalue weighted by Crippen LogP contribution is -2.03. The van der Waals surface area contributed by atoms with E-state index in [1.165, 1.54) is 18.9 Å². The number of hydrogen-bond acceptors (Lipinski definition) is 4. The molecule has 0 atom stereocenters. The van der Waals surface area contributed by atoms with Gasteiger partial charge in [0.25, 0.3) is 0 Å². The summed E-state index contributed by atoms with van der Waals surface area (Å²) in [5, 5.41) is 8.73. The average molecular weight is 368 g/mol. The minimum absolute atomic E-state index is 0.294. The fourth-order valence-electron chi connectivity index (χ4n) is 2.59. The molecule has 2 rings (SSSR count). The first-order valence-corrected chi connectivity index (χ1v) is 9.56. The molecule has 0 bridgehead atoms. The molecule has 1 N–H and O–H groups in total. The Bertz CT molecular complexity index is 677. The van der Waals surface area contributed by atoms with E-state index in [2.05, 4.69) is 0 Å². The second-order valence-corrected chi connectivity index (χ2v) is 6.33. The number of unbranched alkanes of at least 4 members (excludes halogenated alkanes) is 5. The predicted octanol–water partition coefficient (Wildman–Crippen LogP) is 5.02. The van der Waals surface area contributed by atoms with Crippen LogP contribution in [0, 0.1) is 0 Å². The molecule has 2 aromatic rings. The molecule has 2 aromatic carbocycles. The maximum Gasteiger partial charge on any atom is 0.336 e. The highest BCUT2D eigenvalue weighted by atomic mass is 16.5. The van der Waals surface area contributed by atoms with Crippen molar-refractivity contribution < 1.29 is 19.4 Å². The van der Waals surface area contributed by atoms with Gasteiger partial charge in [0, 0.05) is 12.7 Å². The lowest BCUT2D eigenvalue weighted by Gasteiger charge is -2.06. The van der Waals surface area contributed by atoms with Gasteiger partial charge in [-0.3, -0.25) is 0 Å². The lowest BCUT2D eigenvalue weighted by molar-refractivity contribution is -0.128. The highest BCUT2D eigenvalue weighted by Crippen LogP contribution is 2.15. The third-order valence-corrected chi connectivity index (χ3v) is 4.07. The Balaban J connectivity index is 1.65. The molecular formula is C23H28O4. The normalized spacial score (nSPS) is 10.9. The molecule has 0 fully saturated rings. The summed E-state index contributed by atoms with van der Waals surface area (Å²) in [6.45, 7) is 1.00. The maximum atomic E-state index is 11.8. The van der Waals surface area contributed by atoms with Gasteiger partial charge in [0.1, 0.15) is 11.5 Å². The van der Waals surface area contributed by atoms with E-state index in [1.54, 1.807) is 18.2 Å². The molecule has 0 aliphatic carbocycles. The highest BCUT2D eigenvalue weighted by molar-refractivity contribution is 5.88. The zero-order valence-corrected chi connectivity index (χ0v) is 15.7. The molecule has 0 heterocycles. The number of carbonyl (C=O) groups excluding carboxylic acids is 1. The van der Waals surface area contributed by atoms with E-state index in [4.69, 9.17) is 14.6 Å². The van der Waals surface area contributed by atoms with Crippen molar-refractivity contribution in [1.29, 1.82) is 0 Å². The molecule has 0 aromatic heterocycles. The quantitative estimate of drug-likeness (QED) is 0.247. The Morgan fingerprint density at radius 3 is 2.19 bits per heavy atom. The first-order valence-electron chi connectivity index (χ1n) is 9.56. The van der Waals surface area contributed by atoms with Gasteiger partial charge in [-0.25, -0.2) is 4.79 Å². The number of para-hydroxylation sites is 1. The van der Waals surface area contributed by atoms with Crippen LogP contribution >= 0.6 is 0 Å². The smallest absolute Gasteiger partial charge is 0.336 e. The van der Waals surface area contributed by atoms with Gasteiger partial charge in [0.15, 0.2) is 0 Å². The number of rotatable bonds is 12. The van der Waals surface area contributed by atoms with E-state index in [0.717, 1.165) is 37.0 Å². The summed E-state index contributed by atoms with van der Waals surface area (Å²) in [6.07, 6.45) is 9.69. The molecule has 0 aliphatic rings. The standard InChI is InChI=1S/C23H28O4/c24-18-8-3-1-2-4-9-19-26-21-15-12-20(13-16-21)14-17-23(25)27-22-10-6-5-7-11-22/h5-7,10-17,24H,1-4,8-9,18-19H2. The second-order valence-electron chi connectivity index (χ2n) is 6.33. The van der Waals surface area contributed by atoms with Crippen LogP contribution in [0.3, 0.4) is 0 Å². The summed E-state index contributed by atoms with van der Waals surface area (Å²) in [6, 6.07) is 16.6. The van der Waals surface area contributed by atoms with E-state index in [1.807, 2.05) is 42.5 Å². The van der Waals surface area contributed by atoms with Gasteiger partial charge in [-0.2, -0.15) is 0 Å². The summed E-state index contributed by atoms with van der Waals surface area (Å²) in [5.41, 5.74) is 0.913. The number of benzene rings is 2. The van der Waals surface area contributed by atoms with Crippen LogP contribution in [-0.4, -0.2) is 24.3 Å². The molecular weight excluding hydrogens is 340 g/mol. The van der Waals surface area contributed by atoms with E-state index in [9.17, 15) is 4.79 Å². The molecule has 0 radical (unpaired) electrons. The minimum Gasteiger partial charge on any atom is -0.494 e. The van der Waals surface area contributed by atoms with Crippen molar-refractivity contribution in [3.63, 3.8) is 0 Å². The third kappa shape index (κ3) is 9.06. The number of aliphatic hydroxyl groups is 1. The largest absolute Gasteiger partial charge is 0.494 e. The van der Waals surface area contributed by atoms with Gasteiger partial charge in [0.05, 0.1) is 6.61 Å². The fraction of sp³-hybridized carbons (Fsp3) is 0.348. The highest BCUT2D eigenvalue weighted by Gasteiger charge is 2.00. The van der Waals surface area contributed by atoms with Crippen molar-refractivity contribution in [3.05, 3.63) is 66.2 Å². The molecule has 0 unspecified atom stereocenters. The zero-order chi connectivity index (χ0) is 19.2. The molecule has 4 nitrogen and oxygen atoms in total. The van der Waals surface area contributed by atoms with Crippen LogP contribution in [0.4, 0.5) is 0 Å². The van der Waals surface area contributed by atoms with Crippen molar-refractivity contribution in [2.45, 2.75) is 38.5 Å². The van der Waals surface area contributed by atoms with Crippen LogP contribution in [0.5, 0.6) is 11.5 Å². The summed E-state index contributed by atoms with van der Waals surface area (Å²) < 4.78 is 10.9. The molecule has 27 heavy (non-hydrogen) atoms. The Labute approximate surface area is 161 Å². The van der Waals surface area contributed by atoms with Crippen LogP contribution < -0.4 is 9.47 Å². The monoisotopic (exact) mass is 368 g/mol. The van der Waals surface area contributed by atoms with Crippen LogP contribution in [0.15, 0.2) is 60.7 Å². The number of carbonyl (C=O) groups is 1. The summed E-state index contributed by atoms with van der Waals surface area (Å²) >= 11 is 0. The summed E-state index contributed by atoms with van der Waals surface area (Å²) in [5.74, 6) is 0.962. The molecule has 144 valence electrons. The molecule has 4 heteroatoms. The Hall–Kier alpha value is -2.59. The maximum absolute atomic E-state index is 11.8. The van der Waals surface area contributed by atoms with Crippen LogP contribution in [0.2, 0.25) is 0 Å². The van der Waals surface area contributed by atoms with Crippen molar-refractivity contribution in [2.75, 3.05) is 13.2 Å². The number of esters is 1. The van der Waals surface area contributed by atoms with E-state index >= 15 is 0 Å². The first-order chi connectivity index (χ1) is 13.3. The van der Waals surface area contributed by atoms with Gasteiger partial charge in [0.2, 0.25) is 0 Å². The Kier molecular flexibility index (Phi) is 9.76. The first kappa shape index (κ1) is 20.7. The van der Waals surface area contributed by atoms with Crippen LogP contribution in [-0.2, 0) is 4.79 Å². The van der Waals surface area contributed by atoms with E-state index in [-0.39, 0.29) is 0 Å². The van der Waals surface area contributed by atoms with Gasteiger partial charge in [-0.05, 0) is 48.7 Å². The molecule has 0 amide bonds. The van der Waals surface area contributed by atoms with Crippen molar-refractivity contribution >= 4 is 12.0 Å². The predicted molar refractivity (Wildman–Crippen MR) is 108 cm³/mol. The third-order valence-electron chi connectivity index (χ3n) is 4.07. The number of aliphatic hydroxyl groups excluding tert-OH is 1. The minimum atomic E-state index is -0.402.